The Morgan fingerprint density at radius 2 is 1.85 bits per heavy atom. The van der Waals surface area contributed by atoms with Crippen LogP contribution in [0, 0.1) is 0 Å². The minimum Gasteiger partial charge on any atom is -0.465 e. The fourth-order valence-electron chi connectivity index (χ4n) is 5.16. The highest BCUT2D eigenvalue weighted by Crippen LogP contribution is 2.32. The Hall–Kier alpha value is -4.22. The molecule has 11 heteroatoms. The van der Waals surface area contributed by atoms with E-state index in [1.807, 2.05) is 35.0 Å². The van der Waals surface area contributed by atoms with Gasteiger partial charge in [0, 0.05) is 61.8 Å². The molecule has 0 aliphatic carbocycles. The summed E-state index contributed by atoms with van der Waals surface area (Å²) in [6.07, 6.45) is 5.06. The first-order valence-corrected chi connectivity index (χ1v) is 13.2. The van der Waals surface area contributed by atoms with Gasteiger partial charge in [-0.05, 0) is 61.7 Å². The molecular formula is C28H30N6O5. The molecule has 39 heavy (non-hydrogen) atoms. The molecule has 2 aliphatic heterocycles. The monoisotopic (exact) mass is 530 g/mol. The molecular weight excluding hydrogens is 500 g/mol. The van der Waals surface area contributed by atoms with E-state index in [9.17, 15) is 14.7 Å². The van der Waals surface area contributed by atoms with E-state index in [4.69, 9.17) is 14.3 Å². The Morgan fingerprint density at radius 1 is 1.03 bits per heavy atom. The van der Waals surface area contributed by atoms with Gasteiger partial charge in [0.25, 0.3) is 5.91 Å². The van der Waals surface area contributed by atoms with E-state index >= 15 is 0 Å². The van der Waals surface area contributed by atoms with Crippen LogP contribution in [0.3, 0.4) is 0 Å². The Labute approximate surface area is 225 Å². The van der Waals surface area contributed by atoms with E-state index in [1.54, 1.807) is 24.5 Å². The van der Waals surface area contributed by atoms with Crippen molar-refractivity contribution in [2.24, 2.45) is 0 Å². The van der Waals surface area contributed by atoms with Gasteiger partial charge in [0.1, 0.15) is 11.5 Å². The molecule has 6 rings (SSSR count). The van der Waals surface area contributed by atoms with Gasteiger partial charge in [-0.2, -0.15) is 5.10 Å². The van der Waals surface area contributed by atoms with E-state index < -0.39 is 6.09 Å². The van der Waals surface area contributed by atoms with Crippen LogP contribution in [0.2, 0.25) is 0 Å². The van der Waals surface area contributed by atoms with Crippen LogP contribution in [0.4, 0.5) is 10.5 Å². The molecule has 2 amide bonds. The summed E-state index contributed by atoms with van der Waals surface area (Å²) >= 11 is 0. The van der Waals surface area contributed by atoms with Gasteiger partial charge in [0.15, 0.2) is 11.9 Å². The number of fused-ring (bicyclic) bond motifs is 1. The number of rotatable bonds is 6. The molecule has 2 aliphatic rings. The smallest absolute Gasteiger partial charge is 0.407 e. The lowest BCUT2D eigenvalue weighted by Gasteiger charge is -2.32. The van der Waals surface area contributed by atoms with E-state index in [1.165, 1.54) is 4.90 Å². The van der Waals surface area contributed by atoms with Gasteiger partial charge in [-0.1, -0.05) is 0 Å². The molecule has 2 fully saturated rings. The minimum absolute atomic E-state index is 0.216. The van der Waals surface area contributed by atoms with Crippen molar-refractivity contribution < 1.29 is 23.8 Å². The number of carbonyl (C=O) groups excluding carboxylic acids is 1. The lowest BCUT2D eigenvalue weighted by molar-refractivity contribution is -0.0367. The minimum atomic E-state index is -0.877. The summed E-state index contributed by atoms with van der Waals surface area (Å²) in [6, 6.07) is 13.2. The zero-order valence-corrected chi connectivity index (χ0v) is 21.5. The second kappa shape index (κ2) is 10.9. The number of hydrogen-bond donors (Lipinski definition) is 2. The highest BCUT2D eigenvalue weighted by Gasteiger charge is 2.25. The number of ether oxygens (including phenoxy) is 1. The second-order valence-corrected chi connectivity index (χ2v) is 9.85. The standard InChI is InChI=1S/C28H30N6O5/c35-27(30-20-8-10-29-11-9-20)26-22-17-19(4-6-23(22)34(31-26)25-3-1-2-16-38-25)24-7-5-21(39-24)18-32-12-14-33(15-13-32)28(36)37/h4-11,17,25H,1-3,12-16,18H2,(H,36,37)(H,29,30,35). The molecule has 2 N–H and O–H groups in total. The van der Waals surface area contributed by atoms with Crippen molar-refractivity contribution in [3.63, 3.8) is 0 Å². The fourth-order valence-corrected chi connectivity index (χ4v) is 5.16. The van der Waals surface area contributed by atoms with Crippen molar-refractivity contribution >= 4 is 28.6 Å². The van der Waals surface area contributed by atoms with Crippen molar-refractivity contribution in [1.82, 2.24) is 24.6 Å². The van der Waals surface area contributed by atoms with Crippen LogP contribution in [-0.4, -0.2) is 74.5 Å². The Bertz CT molecular complexity index is 1470. The average Bonchev–Trinajstić information content (AvgIpc) is 3.59. The summed E-state index contributed by atoms with van der Waals surface area (Å²) in [6.45, 7) is 3.56. The molecule has 1 unspecified atom stereocenters. The van der Waals surface area contributed by atoms with Crippen LogP contribution < -0.4 is 5.32 Å². The molecule has 3 aromatic heterocycles. The van der Waals surface area contributed by atoms with Crippen molar-refractivity contribution in [3.8, 4) is 11.3 Å². The number of nitrogens with one attached hydrogen (secondary N) is 1. The topological polar surface area (TPSA) is 126 Å². The maximum Gasteiger partial charge on any atom is 0.407 e. The second-order valence-electron chi connectivity index (χ2n) is 9.85. The molecule has 2 saturated heterocycles. The summed E-state index contributed by atoms with van der Waals surface area (Å²) in [7, 11) is 0. The largest absolute Gasteiger partial charge is 0.465 e. The highest BCUT2D eigenvalue weighted by molar-refractivity contribution is 6.11. The zero-order chi connectivity index (χ0) is 26.8. The van der Waals surface area contributed by atoms with Crippen molar-refractivity contribution in [3.05, 3.63) is 66.3 Å². The number of piperazine rings is 1. The molecule has 0 radical (unpaired) electrons. The number of hydrogen-bond acceptors (Lipinski definition) is 7. The van der Waals surface area contributed by atoms with Crippen LogP contribution in [-0.2, 0) is 11.3 Å². The first-order chi connectivity index (χ1) is 19.0. The van der Waals surface area contributed by atoms with Crippen LogP contribution >= 0.6 is 0 Å². The van der Waals surface area contributed by atoms with Crippen molar-refractivity contribution in [1.29, 1.82) is 0 Å². The van der Waals surface area contributed by atoms with E-state index in [-0.39, 0.29) is 12.1 Å². The molecule has 5 heterocycles. The van der Waals surface area contributed by atoms with Gasteiger partial charge in [-0.3, -0.25) is 14.7 Å². The van der Waals surface area contributed by atoms with Gasteiger partial charge >= 0.3 is 6.09 Å². The summed E-state index contributed by atoms with van der Waals surface area (Å²) in [5, 5.41) is 17.5. The lowest BCUT2D eigenvalue weighted by Crippen LogP contribution is -2.47. The summed E-state index contributed by atoms with van der Waals surface area (Å²) in [4.78, 5) is 32.1. The first-order valence-electron chi connectivity index (χ1n) is 13.2. The summed E-state index contributed by atoms with van der Waals surface area (Å²) < 4.78 is 14.0. The number of benzene rings is 1. The molecule has 11 nitrogen and oxygen atoms in total. The molecule has 202 valence electrons. The third-order valence-electron chi connectivity index (χ3n) is 7.26. The number of aromatic nitrogens is 3. The van der Waals surface area contributed by atoms with Gasteiger partial charge in [-0.25, -0.2) is 9.48 Å². The van der Waals surface area contributed by atoms with E-state index in [0.717, 1.165) is 41.5 Å². The SMILES string of the molecule is O=C(Nc1ccncc1)c1nn(C2CCCCO2)c2ccc(-c3ccc(CN4CCN(C(=O)O)CC4)o3)cc12. The van der Waals surface area contributed by atoms with Crippen LogP contribution in [0.1, 0.15) is 41.7 Å². The number of pyridine rings is 1. The number of carboxylic acid groups (broad SMARTS) is 1. The van der Waals surface area contributed by atoms with Crippen LogP contribution in [0.25, 0.3) is 22.2 Å². The number of furan rings is 1. The summed E-state index contributed by atoms with van der Waals surface area (Å²) in [5.74, 6) is 1.19. The van der Waals surface area contributed by atoms with E-state index in [2.05, 4.69) is 15.2 Å². The zero-order valence-electron chi connectivity index (χ0n) is 21.5. The molecule has 4 aromatic rings. The Balaban J connectivity index is 1.27. The predicted molar refractivity (Wildman–Crippen MR) is 143 cm³/mol. The highest BCUT2D eigenvalue weighted by atomic mass is 16.5. The van der Waals surface area contributed by atoms with Gasteiger partial charge in [-0.15, -0.1) is 0 Å². The Morgan fingerprint density at radius 3 is 2.59 bits per heavy atom. The molecule has 1 aromatic carbocycles. The van der Waals surface area contributed by atoms with Gasteiger partial charge < -0.3 is 24.5 Å². The Kier molecular flexibility index (Phi) is 6.99. The van der Waals surface area contributed by atoms with Crippen LogP contribution in [0.15, 0.2) is 59.3 Å². The maximum atomic E-state index is 13.3. The van der Waals surface area contributed by atoms with Gasteiger partial charge in [0.2, 0.25) is 0 Å². The third kappa shape index (κ3) is 5.36. The molecule has 0 bridgehead atoms. The van der Waals surface area contributed by atoms with Gasteiger partial charge in [0.05, 0.1) is 12.1 Å². The van der Waals surface area contributed by atoms with E-state index in [0.29, 0.717) is 56.5 Å². The first kappa shape index (κ1) is 25.1. The lowest BCUT2D eigenvalue weighted by atomic mass is 10.1. The predicted octanol–water partition coefficient (Wildman–Crippen LogP) is 4.44. The number of carbonyl (C=O) groups is 2. The maximum absolute atomic E-state index is 13.3. The molecule has 1 atom stereocenters. The quantitative estimate of drug-likeness (QED) is 0.375. The number of amides is 2. The number of nitrogens with zero attached hydrogens (tertiary/aromatic N) is 5. The fraction of sp³-hybridized carbons (Fsp3) is 0.357. The van der Waals surface area contributed by atoms with Crippen molar-refractivity contribution in [2.45, 2.75) is 32.0 Å². The molecule has 0 saturated carbocycles. The number of anilines is 1. The van der Waals surface area contributed by atoms with Crippen molar-refractivity contribution in [2.75, 3.05) is 38.1 Å². The van der Waals surface area contributed by atoms with Crippen LogP contribution in [0.5, 0.6) is 0 Å². The third-order valence-corrected chi connectivity index (χ3v) is 7.26. The normalized spacial score (nSPS) is 18.4. The average molecular weight is 531 g/mol. The summed E-state index contributed by atoms with van der Waals surface area (Å²) in [5.41, 5.74) is 2.63. The molecule has 0 spiro atoms.